The van der Waals surface area contributed by atoms with Gasteiger partial charge in [0.25, 0.3) is 5.91 Å². The minimum absolute atomic E-state index is 0.534. The van der Waals surface area contributed by atoms with Gasteiger partial charge in [0.05, 0.1) is 0 Å². The SMILES string of the molecule is Cc1ccc(NC(=O)NC(=O)COC(=O)/C=C/c2cccs2)c(C)c1. The third-order valence-electron chi connectivity index (χ3n) is 3.16. The minimum Gasteiger partial charge on any atom is -0.452 e. The van der Waals surface area contributed by atoms with E-state index >= 15 is 0 Å². The molecule has 2 aromatic rings. The normalized spacial score (nSPS) is 10.5. The smallest absolute Gasteiger partial charge is 0.331 e. The molecule has 25 heavy (non-hydrogen) atoms. The Morgan fingerprint density at radius 3 is 2.68 bits per heavy atom. The number of thiophene rings is 1. The highest BCUT2D eigenvalue weighted by atomic mass is 32.1. The molecule has 0 spiro atoms. The molecule has 0 unspecified atom stereocenters. The van der Waals surface area contributed by atoms with Gasteiger partial charge in [-0.05, 0) is 43.0 Å². The number of imide groups is 1. The molecule has 0 aliphatic rings. The van der Waals surface area contributed by atoms with E-state index in [2.05, 4.69) is 10.6 Å². The summed E-state index contributed by atoms with van der Waals surface area (Å²) in [7, 11) is 0. The Morgan fingerprint density at radius 2 is 2.00 bits per heavy atom. The zero-order valence-electron chi connectivity index (χ0n) is 13.9. The molecule has 1 heterocycles. The molecule has 6 nitrogen and oxygen atoms in total. The lowest BCUT2D eigenvalue weighted by Gasteiger charge is -2.09. The van der Waals surface area contributed by atoms with Gasteiger partial charge in [0, 0.05) is 16.6 Å². The first-order valence-corrected chi connectivity index (χ1v) is 8.38. The predicted molar refractivity (Wildman–Crippen MR) is 97.4 cm³/mol. The summed E-state index contributed by atoms with van der Waals surface area (Å²) in [6.07, 6.45) is 2.83. The lowest BCUT2D eigenvalue weighted by atomic mass is 10.1. The molecule has 0 saturated heterocycles. The quantitative estimate of drug-likeness (QED) is 0.635. The van der Waals surface area contributed by atoms with E-state index in [0.29, 0.717) is 5.69 Å². The van der Waals surface area contributed by atoms with Crippen molar-refractivity contribution in [3.8, 4) is 0 Å². The van der Waals surface area contributed by atoms with Gasteiger partial charge in [0.15, 0.2) is 6.61 Å². The molecule has 0 saturated carbocycles. The summed E-state index contributed by atoms with van der Waals surface area (Å²) < 4.78 is 4.78. The molecular formula is C18H18N2O4S. The van der Waals surface area contributed by atoms with Gasteiger partial charge < -0.3 is 10.1 Å². The van der Waals surface area contributed by atoms with Crippen LogP contribution in [0.2, 0.25) is 0 Å². The van der Waals surface area contributed by atoms with E-state index in [-0.39, 0.29) is 0 Å². The average Bonchev–Trinajstić information content (AvgIpc) is 3.07. The van der Waals surface area contributed by atoms with Crippen molar-refractivity contribution in [1.82, 2.24) is 5.32 Å². The molecule has 1 aromatic carbocycles. The fraction of sp³-hybridized carbons (Fsp3) is 0.167. The maximum atomic E-state index is 11.8. The van der Waals surface area contributed by atoms with E-state index in [0.717, 1.165) is 16.0 Å². The summed E-state index contributed by atoms with van der Waals surface area (Å²) in [5, 5.41) is 6.56. The van der Waals surface area contributed by atoms with Gasteiger partial charge in [-0.1, -0.05) is 23.8 Å². The molecule has 3 amide bonds. The molecule has 130 valence electrons. The standard InChI is InChI=1S/C18H18N2O4S/c1-12-5-7-15(13(2)10-12)19-18(23)20-16(21)11-24-17(22)8-6-14-4-3-9-25-14/h3-10H,11H2,1-2H3,(H2,19,20,21,23)/b8-6+. The van der Waals surface area contributed by atoms with E-state index in [1.54, 1.807) is 12.1 Å². The number of benzene rings is 1. The average molecular weight is 358 g/mol. The van der Waals surface area contributed by atoms with Crippen LogP contribution in [0.4, 0.5) is 10.5 Å². The second-order valence-corrected chi connectivity index (χ2v) is 6.26. The van der Waals surface area contributed by atoms with Crippen LogP contribution in [0.5, 0.6) is 0 Å². The van der Waals surface area contributed by atoms with Crippen molar-refractivity contribution in [2.24, 2.45) is 0 Å². The Bertz CT molecular complexity index is 797. The molecule has 0 atom stereocenters. The van der Waals surface area contributed by atoms with Gasteiger partial charge in [-0.3, -0.25) is 10.1 Å². The molecule has 2 rings (SSSR count). The zero-order chi connectivity index (χ0) is 18.2. The Hall–Kier alpha value is -2.93. The number of carbonyl (C=O) groups excluding carboxylic acids is 3. The minimum atomic E-state index is -0.708. The number of aryl methyl sites for hydroxylation is 2. The lowest BCUT2D eigenvalue weighted by molar-refractivity contribution is -0.143. The van der Waals surface area contributed by atoms with E-state index < -0.39 is 24.5 Å². The van der Waals surface area contributed by atoms with E-state index in [4.69, 9.17) is 4.74 Å². The number of hydrogen-bond donors (Lipinski definition) is 2. The number of esters is 1. The molecule has 1 aromatic heterocycles. The largest absolute Gasteiger partial charge is 0.452 e. The molecule has 7 heteroatoms. The predicted octanol–water partition coefficient (Wildman–Crippen LogP) is 3.27. The number of carbonyl (C=O) groups is 3. The number of urea groups is 1. The number of rotatable bonds is 5. The van der Waals surface area contributed by atoms with Crippen molar-refractivity contribution < 1.29 is 19.1 Å². The van der Waals surface area contributed by atoms with Crippen molar-refractivity contribution in [3.05, 3.63) is 57.8 Å². The molecular weight excluding hydrogens is 340 g/mol. The first-order chi connectivity index (χ1) is 11.9. The highest BCUT2D eigenvalue weighted by Crippen LogP contribution is 2.15. The van der Waals surface area contributed by atoms with E-state index in [1.807, 2.05) is 43.5 Å². The molecule has 0 aliphatic carbocycles. The topological polar surface area (TPSA) is 84.5 Å². The number of anilines is 1. The van der Waals surface area contributed by atoms with Gasteiger partial charge in [0.2, 0.25) is 0 Å². The number of nitrogens with one attached hydrogen (secondary N) is 2. The summed E-state index contributed by atoms with van der Waals surface area (Å²) in [5.41, 5.74) is 2.56. The highest BCUT2D eigenvalue weighted by molar-refractivity contribution is 7.10. The Kier molecular flexibility index (Phi) is 6.47. The highest BCUT2D eigenvalue weighted by Gasteiger charge is 2.11. The number of ether oxygens (including phenoxy) is 1. The van der Waals surface area contributed by atoms with Crippen molar-refractivity contribution in [2.75, 3.05) is 11.9 Å². The fourth-order valence-corrected chi connectivity index (χ4v) is 2.61. The summed E-state index contributed by atoms with van der Waals surface area (Å²) in [6, 6.07) is 8.55. The monoisotopic (exact) mass is 358 g/mol. The van der Waals surface area contributed by atoms with Gasteiger partial charge >= 0.3 is 12.0 Å². The first-order valence-electron chi connectivity index (χ1n) is 7.50. The second kappa shape index (κ2) is 8.79. The molecule has 0 radical (unpaired) electrons. The van der Waals surface area contributed by atoms with Crippen LogP contribution in [0.3, 0.4) is 0 Å². The van der Waals surface area contributed by atoms with Crippen molar-refractivity contribution in [1.29, 1.82) is 0 Å². The van der Waals surface area contributed by atoms with Gasteiger partial charge in [-0.2, -0.15) is 0 Å². The van der Waals surface area contributed by atoms with Gasteiger partial charge in [-0.15, -0.1) is 11.3 Å². The Morgan fingerprint density at radius 1 is 1.20 bits per heavy atom. The zero-order valence-corrected chi connectivity index (χ0v) is 14.7. The summed E-state index contributed by atoms with van der Waals surface area (Å²) >= 11 is 1.47. The van der Waals surface area contributed by atoms with Crippen LogP contribution in [0, 0.1) is 13.8 Å². The lowest BCUT2D eigenvalue weighted by Crippen LogP contribution is -2.37. The maximum absolute atomic E-state index is 11.8. The van der Waals surface area contributed by atoms with Crippen LogP contribution >= 0.6 is 11.3 Å². The first kappa shape index (κ1) is 18.4. The third kappa shape index (κ3) is 6.23. The van der Waals surface area contributed by atoms with Crippen LogP contribution in [-0.4, -0.2) is 24.5 Å². The van der Waals surface area contributed by atoms with Crippen molar-refractivity contribution >= 4 is 41.0 Å². The summed E-state index contributed by atoms with van der Waals surface area (Å²) in [5.74, 6) is -1.36. The summed E-state index contributed by atoms with van der Waals surface area (Å²) in [4.78, 5) is 35.8. The van der Waals surface area contributed by atoms with Crippen LogP contribution in [-0.2, 0) is 14.3 Å². The second-order valence-electron chi connectivity index (χ2n) is 5.28. The van der Waals surface area contributed by atoms with Crippen molar-refractivity contribution in [3.63, 3.8) is 0 Å². The van der Waals surface area contributed by atoms with Gasteiger partial charge in [0.1, 0.15) is 0 Å². The fourth-order valence-electron chi connectivity index (χ4n) is 1.99. The van der Waals surface area contributed by atoms with Crippen LogP contribution < -0.4 is 10.6 Å². The van der Waals surface area contributed by atoms with E-state index in [1.165, 1.54) is 17.4 Å². The van der Waals surface area contributed by atoms with Crippen molar-refractivity contribution in [2.45, 2.75) is 13.8 Å². The summed E-state index contributed by atoms with van der Waals surface area (Å²) in [6.45, 7) is 3.27. The Labute approximate surface area is 149 Å². The number of amides is 3. The van der Waals surface area contributed by atoms with Crippen LogP contribution in [0.1, 0.15) is 16.0 Å². The molecule has 0 fully saturated rings. The number of hydrogen-bond acceptors (Lipinski definition) is 5. The third-order valence-corrected chi connectivity index (χ3v) is 3.99. The van der Waals surface area contributed by atoms with E-state index in [9.17, 15) is 14.4 Å². The molecule has 0 bridgehead atoms. The van der Waals surface area contributed by atoms with Gasteiger partial charge in [-0.25, -0.2) is 9.59 Å². The Balaban J connectivity index is 1.75. The van der Waals surface area contributed by atoms with Crippen LogP contribution in [0.15, 0.2) is 41.8 Å². The molecule has 0 aliphatic heterocycles. The van der Waals surface area contributed by atoms with Crippen LogP contribution in [0.25, 0.3) is 6.08 Å². The maximum Gasteiger partial charge on any atom is 0.331 e. The molecule has 2 N–H and O–H groups in total.